The summed E-state index contributed by atoms with van der Waals surface area (Å²) in [6, 6.07) is 0. The van der Waals surface area contributed by atoms with Crippen molar-refractivity contribution in [3.63, 3.8) is 0 Å². The largest absolute Gasteiger partial charge is 0.394 e. The van der Waals surface area contributed by atoms with Crippen LogP contribution in [0.2, 0.25) is 0 Å². The fraction of sp³-hybridized carbons (Fsp3) is 0.733. The van der Waals surface area contributed by atoms with Gasteiger partial charge < -0.3 is 19.7 Å². The highest BCUT2D eigenvalue weighted by molar-refractivity contribution is 5.04. The van der Waals surface area contributed by atoms with E-state index in [9.17, 15) is 14.7 Å². The summed E-state index contributed by atoms with van der Waals surface area (Å²) in [6.07, 6.45) is 0.228. The maximum atomic E-state index is 12.5. The number of ether oxygens (including phenoxy) is 2. The van der Waals surface area contributed by atoms with Crippen molar-refractivity contribution in [1.29, 1.82) is 0 Å². The van der Waals surface area contributed by atoms with Crippen LogP contribution in [0.1, 0.15) is 31.6 Å². The van der Waals surface area contributed by atoms with Gasteiger partial charge in [-0.15, -0.1) is 0 Å². The zero-order chi connectivity index (χ0) is 17.0. The first kappa shape index (κ1) is 17.9. The van der Waals surface area contributed by atoms with Gasteiger partial charge in [0.15, 0.2) is 0 Å². The Labute approximate surface area is 133 Å². The average Bonchev–Trinajstić information content (AvgIpc) is 2.91. The molecule has 0 spiro atoms. The molecule has 1 aromatic heterocycles. The molecule has 1 aromatic rings. The van der Waals surface area contributed by atoms with Gasteiger partial charge >= 0.3 is 5.69 Å². The highest BCUT2D eigenvalue weighted by Crippen LogP contribution is 2.27. The molecule has 2 rings (SSSR count). The van der Waals surface area contributed by atoms with Gasteiger partial charge in [0, 0.05) is 24.8 Å². The van der Waals surface area contributed by atoms with Crippen LogP contribution in [0.5, 0.6) is 0 Å². The molecule has 2 N–H and O–H groups in total. The van der Waals surface area contributed by atoms with Gasteiger partial charge in [0.2, 0.25) is 0 Å². The van der Waals surface area contributed by atoms with Crippen LogP contribution >= 0.6 is 0 Å². The van der Waals surface area contributed by atoms with Crippen LogP contribution in [-0.4, -0.2) is 51.4 Å². The number of aliphatic hydroxyl groups is 2. The van der Waals surface area contributed by atoms with Gasteiger partial charge in [-0.25, -0.2) is 4.79 Å². The Morgan fingerprint density at radius 1 is 1.39 bits per heavy atom. The molecule has 1 unspecified atom stereocenters. The van der Waals surface area contributed by atoms with Gasteiger partial charge in [0.05, 0.1) is 25.9 Å². The molecule has 0 bridgehead atoms. The van der Waals surface area contributed by atoms with Crippen molar-refractivity contribution < 1.29 is 19.7 Å². The number of hydrogen-bond acceptors (Lipinski definition) is 6. The lowest BCUT2D eigenvalue weighted by atomic mass is 10.2. The molecule has 8 heteroatoms. The molecule has 130 valence electrons. The minimum Gasteiger partial charge on any atom is -0.394 e. The second-order valence-electron chi connectivity index (χ2n) is 5.69. The second-order valence-corrected chi connectivity index (χ2v) is 5.69. The third-order valence-corrected chi connectivity index (χ3v) is 3.87. The Kier molecular flexibility index (Phi) is 6.11. The van der Waals surface area contributed by atoms with Crippen LogP contribution in [0, 0.1) is 6.92 Å². The molecule has 0 amide bonds. The lowest BCUT2D eigenvalue weighted by Crippen LogP contribution is -2.43. The molecule has 1 saturated heterocycles. The van der Waals surface area contributed by atoms with E-state index in [0.717, 1.165) is 11.0 Å². The van der Waals surface area contributed by atoms with Gasteiger partial charge in [-0.3, -0.25) is 13.9 Å². The summed E-state index contributed by atoms with van der Waals surface area (Å²) < 4.78 is 13.3. The number of rotatable bonds is 7. The summed E-state index contributed by atoms with van der Waals surface area (Å²) in [5.74, 6) is 0. The molecule has 3 atom stereocenters. The molecule has 1 fully saturated rings. The average molecular weight is 328 g/mol. The molecule has 0 aromatic carbocycles. The number of nitrogens with zero attached hydrogens (tertiary/aromatic N) is 2. The van der Waals surface area contributed by atoms with E-state index in [1.807, 2.05) is 6.92 Å². The fourth-order valence-corrected chi connectivity index (χ4v) is 2.61. The van der Waals surface area contributed by atoms with Crippen LogP contribution in [0.3, 0.4) is 0 Å². The highest BCUT2D eigenvalue weighted by atomic mass is 16.5. The second kappa shape index (κ2) is 7.87. The molecular formula is C15H24N2O6. The van der Waals surface area contributed by atoms with Crippen molar-refractivity contribution in [2.24, 2.45) is 0 Å². The number of hydrogen-bond donors (Lipinski definition) is 2. The monoisotopic (exact) mass is 328 g/mol. The number of aromatic nitrogens is 2. The quantitative estimate of drug-likeness (QED) is 0.647. The van der Waals surface area contributed by atoms with Gasteiger partial charge in [0.1, 0.15) is 12.3 Å². The van der Waals surface area contributed by atoms with Crippen LogP contribution < -0.4 is 11.2 Å². The third kappa shape index (κ3) is 3.89. The topological polar surface area (TPSA) is 103 Å². The standard InChI is InChI=1S/C15H24N2O6/c1-3-5-22-6-4-16-14(20)10(2)8-17(15(16)21)13-7-11(19)12(9-18)23-13/h8,11-13,18-19H,3-7,9H2,1-2H3/t11?,12-,13-/m1/s1. The number of aliphatic hydroxyl groups excluding tert-OH is 2. The molecule has 1 aliphatic heterocycles. The Morgan fingerprint density at radius 3 is 2.74 bits per heavy atom. The minimum atomic E-state index is -0.842. The van der Waals surface area contributed by atoms with Gasteiger partial charge in [-0.2, -0.15) is 0 Å². The van der Waals surface area contributed by atoms with Crippen LogP contribution in [-0.2, 0) is 16.0 Å². The van der Waals surface area contributed by atoms with Crippen molar-refractivity contribution in [3.8, 4) is 0 Å². The first-order valence-electron chi connectivity index (χ1n) is 7.84. The van der Waals surface area contributed by atoms with Crippen molar-refractivity contribution in [2.75, 3.05) is 19.8 Å². The molecule has 0 saturated carbocycles. The fourth-order valence-electron chi connectivity index (χ4n) is 2.61. The first-order chi connectivity index (χ1) is 11.0. The smallest absolute Gasteiger partial charge is 0.333 e. The van der Waals surface area contributed by atoms with Crippen molar-refractivity contribution in [2.45, 2.75) is 51.7 Å². The summed E-state index contributed by atoms with van der Waals surface area (Å²) in [4.78, 5) is 24.7. The Bertz CT molecular complexity index is 638. The molecule has 8 nitrogen and oxygen atoms in total. The third-order valence-electron chi connectivity index (χ3n) is 3.87. The van der Waals surface area contributed by atoms with Crippen LogP contribution in [0.4, 0.5) is 0 Å². The van der Waals surface area contributed by atoms with E-state index >= 15 is 0 Å². The minimum absolute atomic E-state index is 0.165. The van der Waals surface area contributed by atoms with E-state index in [2.05, 4.69) is 0 Å². The molecule has 0 radical (unpaired) electrons. The first-order valence-corrected chi connectivity index (χ1v) is 7.84. The highest BCUT2D eigenvalue weighted by Gasteiger charge is 2.35. The predicted octanol–water partition coefficient (Wildman–Crippen LogP) is -0.614. The van der Waals surface area contributed by atoms with Gasteiger partial charge in [0.25, 0.3) is 5.56 Å². The maximum absolute atomic E-state index is 12.5. The zero-order valence-corrected chi connectivity index (χ0v) is 13.5. The van der Waals surface area contributed by atoms with Crippen LogP contribution in [0.15, 0.2) is 15.8 Å². The summed E-state index contributed by atoms with van der Waals surface area (Å²) in [5, 5.41) is 19.0. The van der Waals surface area contributed by atoms with E-state index in [1.54, 1.807) is 6.92 Å². The van der Waals surface area contributed by atoms with Crippen molar-refractivity contribution >= 4 is 0 Å². The van der Waals surface area contributed by atoms with E-state index in [1.165, 1.54) is 10.8 Å². The molecule has 1 aliphatic rings. The van der Waals surface area contributed by atoms with Gasteiger partial charge in [-0.05, 0) is 13.3 Å². The lowest BCUT2D eigenvalue weighted by Gasteiger charge is -2.17. The Hall–Kier alpha value is -1.48. The SMILES string of the molecule is CCCOCCn1c(=O)c(C)cn([C@H]2CC(O)[C@@H](CO)O2)c1=O. The summed E-state index contributed by atoms with van der Waals surface area (Å²) >= 11 is 0. The van der Waals surface area contributed by atoms with E-state index < -0.39 is 24.1 Å². The predicted molar refractivity (Wildman–Crippen MR) is 82.4 cm³/mol. The van der Waals surface area contributed by atoms with E-state index in [4.69, 9.17) is 14.6 Å². The van der Waals surface area contributed by atoms with Crippen molar-refractivity contribution in [3.05, 3.63) is 32.6 Å². The van der Waals surface area contributed by atoms with E-state index in [-0.39, 0.29) is 31.7 Å². The summed E-state index contributed by atoms with van der Waals surface area (Å²) in [5.41, 5.74) is -0.453. The van der Waals surface area contributed by atoms with Crippen LogP contribution in [0.25, 0.3) is 0 Å². The van der Waals surface area contributed by atoms with Gasteiger partial charge in [-0.1, -0.05) is 6.92 Å². The Morgan fingerprint density at radius 2 is 2.13 bits per heavy atom. The molecule has 0 aliphatic carbocycles. The van der Waals surface area contributed by atoms with E-state index in [0.29, 0.717) is 12.2 Å². The maximum Gasteiger partial charge on any atom is 0.333 e. The zero-order valence-electron chi connectivity index (χ0n) is 13.5. The Balaban J connectivity index is 2.26. The summed E-state index contributed by atoms with van der Waals surface area (Å²) in [7, 11) is 0. The molecular weight excluding hydrogens is 304 g/mol. The van der Waals surface area contributed by atoms with Crippen molar-refractivity contribution in [1.82, 2.24) is 9.13 Å². The normalized spacial score (nSPS) is 24.3. The number of aryl methyl sites for hydroxylation is 1. The summed E-state index contributed by atoms with van der Waals surface area (Å²) in [6.45, 7) is 4.29. The molecule has 23 heavy (non-hydrogen) atoms. The molecule has 2 heterocycles. The lowest BCUT2D eigenvalue weighted by molar-refractivity contribution is -0.0464.